The van der Waals surface area contributed by atoms with Crippen molar-refractivity contribution in [2.45, 2.75) is 57.8 Å². The van der Waals surface area contributed by atoms with Gasteiger partial charge in [-0.25, -0.2) is 13.2 Å². The van der Waals surface area contributed by atoms with E-state index in [1.165, 1.54) is 38.2 Å². The molecule has 0 nitrogen and oxygen atoms in total. The first kappa shape index (κ1) is 18.6. The van der Waals surface area contributed by atoms with Gasteiger partial charge in [0.15, 0.2) is 11.6 Å². The van der Waals surface area contributed by atoms with Crippen LogP contribution in [0.4, 0.5) is 13.2 Å². The number of hydrogen-bond acceptors (Lipinski definition) is 0. The van der Waals surface area contributed by atoms with E-state index in [1.54, 1.807) is 12.1 Å². The SMILES string of the molecule is CCC1CC[C@@H]2C[C@H](c3ccc(-c4ccc(F)c(F)c4)c(F)c3)CC[C@@H]2C1. The van der Waals surface area contributed by atoms with Crippen molar-refractivity contribution in [3.63, 3.8) is 0 Å². The molecule has 0 aliphatic heterocycles. The van der Waals surface area contributed by atoms with E-state index >= 15 is 0 Å². The Morgan fingerprint density at radius 3 is 2.30 bits per heavy atom. The Morgan fingerprint density at radius 1 is 0.778 bits per heavy atom. The lowest BCUT2D eigenvalue weighted by Crippen LogP contribution is -2.30. The molecule has 0 saturated heterocycles. The molecule has 0 heterocycles. The van der Waals surface area contributed by atoms with Gasteiger partial charge in [0, 0.05) is 5.56 Å². The Balaban J connectivity index is 1.50. The molecular formula is C24H27F3. The highest BCUT2D eigenvalue weighted by atomic mass is 19.2. The second kappa shape index (κ2) is 7.69. The van der Waals surface area contributed by atoms with Gasteiger partial charge in [0.05, 0.1) is 0 Å². The predicted molar refractivity (Wildman–Crippen MR) is 103 cm³/mol. The topological polar surface area (TPSA) is 0 Å². The maximum absolute atomic E-state index is 14.7. The predicted octanol–water partition coefficient (Wildman–Crippen LogP) is 7.48. The van der Waals surface area contributed by atoms with Crippen LogP contribution in [0.2, 0.25) is 0 Å². The van der Waals surface area contributed by atoms with E-state index in [2.05, 4.69) is 6.92 Å². The van der Waals surface area contributed by atoms with Crippen LogP contribution >= 0.6 is 0 Å². The number of fused-ring (bicyclic) bond motifs is 1. The van der Waals surface area contributed by atoms with Gasteiger partial charge in [-0.05, 0) is 85.1 Å². The van der Waals surface area contributed by atoms with Gasteiger partial charge in [-0.3, -0.25) is 0 Å². The fraction of sp³-hybridized carbons (Fsp3) is 0.500. The fourth-order valence-corrected chi connectivity index (χ4v) is 5.34. The van der Waals surface area contributed by atoms with E-state index in [-0.39, 0.29) is 5.82 Å². The Bertz CT molecular complexity index is 813. The minimum atomic E-state index is -0.947. The standard InChI is InChI=1S/C24H27F3/c1-2-15-3-4-17-12-18(6-5-16(17)11-15)19-7-9-21(23(26)13-19)20-8-10-22(25)24(27)14-20/h7-10,13-18H,2-6,11-12H2,1H3/t15?,16-,17-,18-/m1/s1. The summed E-state index contributed by atoms with van der Waals surface area (Å²) in [5, 5.41) is 0. The second-order valence-electron chi connectivity index (χ2n) is 8.49. The Morgan fingerprint density at radius 2 is 1.56 bits per heavy atom. The molecule has 1 unspecified atom stereocenters. The molecule has 0 bridgehead atoms. The molecule has 2 fully saturated rings. The molecule has 2 aliphatic carbocycles. The molecule has 0 N–H and O–H groups in total. The van der Waals surface area contributed by atoms with Gasteiger partial charge in [-0.15, -0.1) is 0 Å². The third kappa shape index (κ3) is 3.79. The summed E-state index contributed by atoms with van der Waals surface area (Å²) in [6.45, 7) is 2.30. The zero-order chi connectivity index (χ0) is 19.0. The summed E-state index contributed by atoms with van der Waals surface area (Å²) < 4.78 is 41.4. The van der Waals surface area contributed by atoms with Gasteiger partial charge in [0.1, 0.15) is 5.82 Å². The van der Waals surface area contributed by atoms with Crippen molar-refractivity contribution < 1.29 is 13.2 Å². The van der Waals surface area contributed by atoms with Crippen molar-refractivity contribution in [2.24, 2.45) is 17.8 Å². The summed E-state index contributed by atoms with van der Waals surface area (Å²) in [6, 6.07) is 8.84. The lowest BCUT2D eigenvalue weighted by atomic mass is 9.63. The van der Waals surface area contributed by atoms with Crippen molar-refractivity contribution >= 4 is 0 Å². The summed E-state index contributed by atoms with van der Waals surface area (Å²) in [6.07, 6.45) is 8.86. The summed E-state index contributed by atoms with van der Waals surface area (Å²) in [7, 11) is 0. The maximum Gasteiger partial charge on any atom is 0.159 e. The van der Waals surface area contributed by atoms with Crippen molar-refractivity contribution in [2.75, 3.05) is 0 Å². The molecule has 0 radical (unpaired) electrons. The van der Waals surface area contributed by atoms with Crippen LogP contribution < -0.4 is 0 Å². The van der Waals surface area contributed by atoms with Crippen molar-refractivity contribution in [1.29, 1.82) is 0 Å². The highest BCUT2D eigenvalue weighted by molar-refractivity contribution is 5.64. The van der Waals surface area contributed by atoms with Gasteiger partial charge in [0.2, 0.25) is 0 Å². The average molecular weight is 372 g/mol. The molecule has 0 spiro atoms. The zero-order valence-corrected chi connectivity index (χ0v) is 15.9. The Kier molecular flexibility index (Phi) is 5.29. The van der Waals surface area contributed by atoms with Gasteiger partial charge < -0.3 is 0 Å². The number of benzene rings is 2. The van der Waals surface area contributed by atoms with Crippen LogP contribution in [0.5, 0.6) is 0 Å². The quantitative estimate of drug-likeness (QED) is 0.524. The van der Waals surface area contributed by atoms with E-state index in [0.717, 1.165) is 48.3 Å². The molecule has 0 amide bonds. The molecule has 144 valence electrons. The van der Waals surface area contributed by atoms with Gasteiger partial charge in [-0.1, -0.05) is 38.0 Å². The number of halogens is 3. The number of hydrogen-bond donors (Lipinski definition) is 0. The normalized spacial score (nSPS) is 28.0. The second-order valence-corrected chi connectivity index (χ2v) is 8.49. The lowest BCUT2D eigenvalue weighted by Gasteiger charge is -2.42. The van der Waals surface area contributed by atoms with Crippen LogP contribution in [0.25, 0.3) is 11.1 Å². The van der Waals surface area contributed by atoms with E-state index < -0.39 is 11.6 Å². The summed E-state index contributed by atoms with van der Waals surface area (Å²) in [5.41, 5.74) is 1.75. The highest BCUT2D eigenvalue weighted by Crippen LogP contribution is 2.48. The summed E-state index contributed by atoms with van der Waals surface area (Å²) in [4.78, 5) is 0. The van der Waals surface area contributed by atoms with Crippen LogP contribution in [0.3, 0.4) is 0 Å². The molecule has 27 heavy (non-hydrogen) atoms. The van der Waals surface area contributed by atoms with E-state index in [9.17, 15) is 13.2 Å². The van der Waals surface area contributed by atoms with Crippen LogP contribution in [-0.4, -0.2) is 0 Å². The smallest absolute Gasteiger partial charge is 0.159 e. The molecule has 0 aromatic heterocycles. The minimum Gasteiger partial charge on any atom is -0.206 e. The van der Waals surface area contributed by atoms with Crippen molar-refractivity contribution in [3.05, 3.63) is 59.4 Å². The van der Waals surface area contributed by atoms with Crippen molar-refractivity contribution in [1.82, 2.24) is 0 Å². The molecule has 2 aliphatic rings. The van der Waals surface area contributed by atoms with Crippen molar-refractivity contribution in [3.8, 4) is 11.1 Å². The van der Waals surface area contributed by atoms with Crippen LogP contribution in [0, 0.1) is 35.2 Å². The first-order chi connectivity index (χ1) is 13.0. The molecule has 2 aromatic rings. The van der Waals surface area contributed by atoms with Gasteiger partial charge in [-0.2, -0.15) is 0 Å². The molecule has 4 atom stereocenters. The van der Waals surface area contributed by atoms with E-state index in [4.69, 9.17) is 0 Å². The lowest BCUT2D eigenvalue weighted by molar-refractivity contribution is 0.116. The third-order valence-corrected chi connectivity index (χ3v) is 6.99. The summed E-state index contributed by atoms with van der Waals surface area (Å²) >= 11 is 0. The molecule has 2 saturated carbocycles. The molecular weight excluding hydrogens is 345 g/mol. The molecule has 2 aromatic carbocycles. The average Bonchev–Trinajstić information content (AvgIpc) is 2.69. The first-order valence-corrected chi connectivity index (χ1v) is 10.3. The van der Waals surface area contributed by atoms with Crippen LogP contribution in [0.15, 0.2) is 36.4 Å². The molecule has 3 heteroatoms. The first-order valence-electron chi connectivity index (χ1n) is 10.3. The van der Waals surface area contributed by atoms with Gasteiger partial charge >= 0.3 is 0 Å². The Labute approximate surface area is 159 Å². The van der Waals surface area contributed by atoms with Crippen LogP contribution in [-0.2, 0) is 0 Å². The monoisotopic (exact) mass is 372 g/mol. The van der Waals surface area contributed by atoms with E-state index in [0.29, 0.717) is 17.0 Å². The molecule has 4 rings (SSSR count). The zero-order valence-electron chi connectivity index (χ0n) is 15.9. The van der Waals surface area contributed by atoms with Gasteiger partial charge in [0.25, 0.3) is 0 Å². The Hall–Kier alpha value is -1.77. The highest BCUT2D eigenvalue weighted by Gasteiger charge is 2.35. The third-order valence-electron chi connectivity index (χ3n) is 6.99. The van der Waals surface area contributed by atoms with Crippen LogP contribution in [0.1, 0.15) is 63.4 Å². The largest absolute Gasteiger partial charge is 0.206 e. The summed E-state index contributed by atoms with van der Waals surface area (Å²) in [5.74, 6) is 0.734. The minimum absolute atomic E-state index is 0.329. The maximum atomic E-state index is 14.7. The number of rotatable bonds is 3. The fourth-order valence-electron chi connectivity index (χ4n) is 5.34. The van der Waals surface area contributed by atoms with E-state index in [1.807, 2.05) is 6.07 Å².